The molecule has 3 aromatic rings. The largest absolute Gasteiger partial charge is 0.496 e. The Labute approximate surface area is 127 Å². The average molecular weight is 299 g/mol. The molecular formula is C16H17N3OS. The number of benzene rings is 1. The third-order valence-electron chi connectivity index (χ3n) is 3.48. The van der Waals surface area contributed by atoms with Crippen LogP contribution in [0.2, 0.25) is 0 Å². The molecule has 2 aromatic heterocycles. The van der Waals surface area contributed by atoms with E-state index in [1.54, 1.807) is 18.4 Å². The molecule has 0 amide bonds. The molecule has 0 aliphatic heterocycles. The van der Waals surface area contributed by atoms with E-state index in [1.165, 1.54) is 0 Å². The first-order chi connectivity index (χ1) is 10.1. The third kappa shape index (κ3) is 2.49. The number of thiazole rings is 1. The Morgan fingerprint density at radius 1 is 1.19 bits per heavy atom. The molecule has 0 fully saturated rings. The molecule has 0 saturated carbocycles. The van der Waals surface area contributed by atoms with Crippen molar-refractivity contribution in [2.24, 2.45) is 0 Å². The molecule has 3 rings (SSSR count). The number of ether oxygens (including phenoxy) is 1. The first-order valence-corrected chi connectivity index (χ1v) is 7.74. The van der Waals surface area contributed by atoms with Gasteiger partial charge in [-0.2, -0.15) is 0 Å². The van der Waals surface area contributed by atoms with Crippen LogP contribution >= 0.6 is 11.3 Å². The van der Waals surface area contributed by atoms with E-state index in [4.69, 9.17) is 4.74 Å². The van der Waals surface area contributed by atoms with Gasteiger partial charge in [0.2, 0.25) is 0 Å². The van der Waals surface area contributed by atoms with Gasteiger partial charge in [0.05, 0.1) is 18.3 Å². The van der Waals surface area contributed by atoms with Crippen molar-refractivity contribution in [2.75, 3.05) is 7.11 Å². The summed E-state index contributed by atoms with van der Waals surface area (Å²) in [5.41, 5.74) is 3.03. The summed E-state index contributed by atoms with van der Waals surface area (Å²) in [4.78, 5) is 13.7. The number of hydrogen-bond donors (Lipinski definition) is 0. The predicted molar refractivity (Wildman–Crippen MR) is 86.0 cm³/mol. The van der Waals surface area contributed by atoms with Crippen LogP contribution in [0.5, 0.6) is 5.75 Å². The molecule has 0 spiro atoms. The molecule has 0 unspecified atom stereocenters. The van der Waals surface area contributed by atoms with Crippen molar-refractivity contribution >= 4 is 22.2 Å². The molecule has 108 valence electrons. The summed E-state index contributed by atoms with van der Waals surface area (Å²) < 4.78 is 5.36. The first-order valence-electron chi connectivity index (χ1n) is 6.86. The molecule has 0 bridgehead atoms. The Morgan fingerprint density at radius 2 is 2.00 bits per heavy atom. The van der Waals surface area contributed by atoms with Gasteiger partial charge >= 0.3 is 0 Å². The molecule has 0 saturated heterocycles. The maximum absolute atomic E-state index is 5.36. The molecule has 5 heteroatoms. The van der Waals surface area contributed by atoms with Gasteiger partial charge in [-0.1, -0.05) is 13.8 Å². The van der Waals surface area contributed by atoms with Gasteiger partial charge in [0.15, 0.2) is 10.8 Å². The summed E-state index contributed by atoms with van der Waals surface area (Å²) in [6.07, 6.45) is 1.85. The SMILES string of the molecule is COc1ccc2cnc(-c3nc(C(C)C)cs3)nc2c1C. The maximum Gasteiger partial charge on any atom is 0.189 e. The minimum absolute atomic E-state index is 0.414. The molecule has 0 aliphatic rings. The van der Waals surface area contributed by atoms with Gasteiger partial charge in [-0.25, -0.2) is 15.0 Å². The Kier molecular flexibility index (Phi) is 3.59. The average Bonchev–Trinajstić information content (AvgIpc) is 2.97. The normalized spacial score (nSPS) is 11.3. The molecular weight excluding hydrogens is 282 g/mol. The number of hydrogen-bond acceptors (Lipinski definition) is 5. The second-order valence-corrected chi connectivity index (χ2v) is 6.11. The van der Waals surface area contributed by atoms with Gasteiger partial charge in [0.1, 0.15) is 5.75 Å². The summed E-state index contributed by atoms with van der Waals surface area (Å²) in [5, 5.41) is 3.95. The Morgan fingerprint density at radius 3 is 2.67 bits per heavy atom. The van der Waals surface area contributed by atoms with Crippen LogP contribution in [-0.4, -0.2) is 22.1 Å². The predicted octanol–water partition coefficient (Wildman–Crippen LogP) is 4.19. The zero-order valence-electron chi connectivity index (χ0n) is 12.5. The van der Waals surface area contributed by atoms with Crippen molar-refractivity contribution in [3.05, 3.63) is 35.0 Å². The fourth-order valence-corrected chi connectivity index (χ4v) is 3.12. The number of rotatable bonds is 3. The highest BCUT2D eigenvalue weighted by Crippen LogP contribution is 2.29. The van der Waals surface area contributed by atoms with E-state index >= 15 is 0 Å². The number of nitrogens with zero attached hydrogens (tertiary/aromatic N) is 3. The maximum atomic E-state index is 5.36. The molecule has 4 nitrogen and oxygen atoms in total. The van der Waals surface area contributed by atoms with Crippen molar-refractivity contribution in [1.29, 1.82) is 0 Å². The molecule has 0 radical (unpaired) electrons. The molecule has 0 N–H and O–H groups in total. The van der Waals surface area contributed by atoms with Gasteiger partial charge in [-0.3, -0.25) is 0 Å². The summed E-state index contributed by atoms with van der Waals surface area (Å²) in [6.45, 7) is 6.28. The summed E-state index contributed by atoms with van der Waals surface area (Å²) in [7, 11) is 1.67. The Bertz CT molecular complexity index is 795. The van der Waals surface area contributed by atoms with Crippen LogP contribution in [0.1, 0.15) is 31.0 Å². The van der Waals surface area contributed by atoms with Gasteiger partial charge in [0, 0.05) is 22.5 Å². The standard InChI is InChI=1S/C16H17N3OS/c1-9(2)12-8-21-16(18-12)15-17-7-11-5-6-13(20-4)10(3)14(11)19-15/h5-9H,1-4H3. The molecule has 1 aromatic carbocycles. The number of fused-ring (bicyclic) bond motifs is 1. The van der Waals surface area contributed by atoms with Gasteiger partial charge in [0.25, 0.3) is 0 Å². The fraction of sp³-hybridized carbons (Fsp3) is 0.312. The van der Waals surface area contributed by atoms with Gasteiger partial charge < -0.3 is 4.74 Å². The van der Waals surface area contributed by atoms with Crippen LogP contribution in [0.15, 0.2) is 23.7 Å². The van der Waals surface area contributed by atoms with E-state index in [1.807, 2.05) is 25.3 Å². The van der Waals surface area contributed by atoms with Crippen LogP contribution < -0.4 is 4.74 Å². The summed E-state index contributed by atoms with van der Waals surface area (Å²) >= 11 is 1.59. The topological polar surface area (TPSA) is 47.9 Å². The van der Waals surface area contributed by atoms with Crippen molar-refractivity contribution in [2.45, 2.75) is 26.7 Å². The minimum Gasteiger partial charge on any atom is -0.496 e. The number of aromatic nitrogens is 3. The van der Waals surface area contributed by atoms with Crippen LogP contribution in [-0.2, 0) is 0 Å². The Hall–Kier alpha value is -2.01. The smallest absolute Gasteiger partial charge is 0.189 e. The van der Waals surface area contributed by atoms with E-state index in [2.05, 4.69) is 34.2 Å². The molecule has 0 atom stereocenters. The quantitative estimate of drug-likeness (QED) is 0.727. The zero-order chi connectivity index (χ0) is 15.0. The minimum atomic E-state index is 0.414. The van der Waals surface area contributed by atoms with Crippen LogP contribution in [0.3, 0.4) is 0 Å². The highest BCUT2D eigenvalue weighted by atomic mass is 32.1. The molecule has 21 heavy (non-hydrogen) atoms. The highest BCUT2D eigenvalue weighted by molar-refractivity contribution is 7.13. The second-order valence-electron chi connectivity index (χ2n) is 5.26. The van der Waals surface area contributed by atoms with Crippen molar-refractivity contribution in [3.8, 4) is 16.6 Å². The second kappa shape index (κ2) is 5.41. The first kappa shape index (κ1) is 13.9. The zero-order valence-corrected chi connectivity index (χ0v) is 13.4. The lowest BCUT2D eigenvalue weighted by Crippen LogP contribution is -1.95. The Balaban J connectivity index is 2.13. The van der Waals surface area contributed by atoms with E-state index in [0.717, 1.165) is 32.9 Å². The van der Waals surface area contributed by atoms with Crippen LogP contribution in [0.4, 0.5) is 0 Å². The highest BCUT2D eigenvalue weighted by Gasteiger charge is 2.12. The van der Waals surface area contributed by atoms with E-state index < -0.39 is 0 Å². The van der Waals surface area contributed by atoms with Gasteiger partial charge in [-0.05, 0) is 25.0 Å². The van der Waals surface area contributed by atoms with E-state index in [0.29, 0.717) is 11.7 Å². The van der Waals surface area contributed by atoms with E-state index in [-0.39, 0.29) is 0 Å². The number of methoxy groups -OCH3 is 1. The van der Waals surface area contributed by atoms with E-state index in [9.17, 15) is 0 Å². The van der Waals surface area contributed by atoms with Crippen molar-refractivity contribution < 1.29 is 4.74 Å². The van der Waals surface area contributed by atoms with Crippen LogP contribution in [0, 0.1) is 6.92 Å². The lowest BCUT2D eigenvalue weighted by atomic mass is 10.1. The molecule has 2 heterocycles. The van der Waals surface area contributed by atoms with Gasteiger partial charge in [-0.15, -0.1) is 11.3 Å². The lowest BCUT2D eigenvalue weighted by Gasteiger charge is -2.07. The third-order valence-corrected chi connectivity index (χ3v) is 4.34. The monoisotopic (exact) mass is 299 g/mol. The number of aryl methyl sites for hydroxylation is 1. The summed E-state index contributed by atoms with van der Waals surface area (Å²) in [5.74, 6) is 1.93. The fourth-order valence-electron chi connectivity index (χ4n) is 2.20. The molecule has 0 aliphatic carbocycles. The van der Waals surface area contributed by atoms with Crippen molar-refractivity contribution in [1.82, 2.24) is 15.0 Å². The summed E-state index contributed by atoms with van der Waals surface area (Å²) in [6, 6.07) is 3.92. The lowest BCUT2D eigenvalue weighted by molar-refractivity contribution is 0.412. The van der Waals surface area contributed by atoms with Crippen molar-refractivity contribution in [3.63, 3.8) is 0 Å². The van der Waals surface area contributed by atoms with Crippen LogP contribution in [0.25, 0.3) is 21.7 Å².